The van der Waals surface area contributed by atoms with Crippen molar-refractivity contribution in [2.45, 2.75) is 0 Å². The minimum Gasteiger partial charge on any atom is -0.504 e. The van der Waals surface area contributed by atoms with Gasteiger partial charge in [0.15, 0.2) is 52.4 Å². The molecule has 39 heavy (non-hydrogen) atoms. The van der Waals surface area contributed by atoms with Gasteiger partial charge in [0.2, 0.25) is 5.95 Å². The third kappa shape index (κ3) is 7.47. The second-order valence-electron chi connectivity index (χ2n) is 7.50. The van der Waals surface area contributed by atoms with E-state index < -0.39 is 0 Å². The standard InChI is InChI=1S/C18H17N7O4.C7H6O3/c19-18-22-14(24-20-8-10-3-1-5-12(26)16(10)28)7-15(23-18)25-21-9-11-4-2-6-13(27)17(11)29;8-4-5-2-1-3-6(9)7(5)10/h1-9,26-29H,(H4,19,22,23,24,25);1-4,9-10H. The minimum absolute atomic E-state index is 0.0525. The average Bonchev–Trinajstić information content (AvgIpc) is 2.91. The van der Waals surface area contributed by atoms with Crippen LogP contribution in [0.5, 0.6) is 34.5 Å². The van der Waals surface area contributed by atoms with Crippen LogP contribution in [0.2, 0.25) is 0 Å². The van der Waals surface area contributed by atoms with Gasteiger partial charge in [-0.05, 0) is 36.4 Å². The molecule has 0 radical (unpaired) electrons. The number of aldehydes is 1. The zero-order valence-corrected chi connectivity index (χ0v) is 20.0. The number of phenolic OH excluding ortho intramolecular Hbond substituents is 6. The lowest BCUT2D eigenvalue weighted by Gasteiger charge is -2.05. The lowest BCUT2D eigenvalue weighted by molar-refractivity contribution is 0.112. The molecule has 0 unspecified atom stereocenters. The van der Waals surface area contributed by atoms with Crippen LogP contribution in [0.15, 0.2) is 70.9 Å². The molecule has 0 saturated heterocycles. The molecule has 0 bridgehead atoms. The molecule has 0 saturated carbocycles. The van der Waals surface area contributed by atoms with Crippen LogP contribution in [0.25, 0.3) is 0 Å². The van der Waals surface area contributed by atoms with Gasteiger partial charge in [0.1, 0.15) is 0 Å². The number of phenols is 6. The number of hydrazone groups is 2. The van der Waals surface area contributed by atoms with Crippen molar-refractivity contribution < 1.29 is 35.4 Å². The number of hydrogen-bond donors (Lipinski definition) is 9. The van der Waals surface area contributed by atoms with E-state index in [1.165, 1.54) is 48.8 Å². The van der Waals surface area contributed by atoms with Gasteiger partial charge in [-0.2, -0.15) is 20.2 Å². The van der Waals surface area contributed by atoms with E-state index in [1.807, 2.05) is 0 Å². The summed E-state index contributed by atoms with van der Waals surface area (Å²) in [5.74, 6) is -1.33. The zero-order chi connectivity index (χ0) is 28.4. The summed E-state index contributed by atoms with van der Waals surface area (Å²) in [5.41, 5.74) is 11.6. The van der Waals surface area contributed by atoms with Gasteiger partial charge in [-0.3, -0.25) is 15.6 Å². The topological polar surface area (TPSA) is 239 Å². The van der Waals surface area contributed by atoms with Crippen molar-refractivity contribution in [3.8, 4) is 34.5 Å². The number of anilines is 3. The molecule has 4 rings (SSSR count). The first-order valence-electron chi connectivity index (χ1n) is 10.9. The van der Waals surface area contributed by atoms with Gasteiger partial charge in [0.05, 0.1) is 18.0 Å². The number of nitrogens with two attached hydrogens (primary N) is 1. The number of aromatic hydroxyl groups is 6. The second kappa shape index (κ2) is 12.8. The number of nitrogens with zero attached hydrogens (tertiary/aromatic N) is 4. The first-order valence-corrected chi connectivity index (χ1v) is 10.9. The third-order valence-corrected chi connectivity index (χ3v) is 4.77. The van der Waals surface area contributed by atoms with Gasteiger partial charge in [0, 0.05) is 17.2 Å². The summed E-state index contributed by atoms with van der Waals surface area (Å²) in [7, 11) is 0. The van der Waals surface area contributed by atoms with Crippen LogP contribution in [0.4, 0.5) is 17.6 Å². The summed E-state index contributed by atoms with van der Waals surface area (Å²) >= 11 is 0. The van der Waals surface area contributed by atoms with Crippen molar-refractivity contribution >= 4 is 36.3 Å². The molecule has 0 atom stereocenters. The first kappa shape index (κ1) is 27.5. The fourth-order valence-corrected chi connectivity index (χ4v) is 2.87. The van der Waals surface area contributed by atoms with Gasteiger partial charge in [-0.1, -0.05) is 18.2 Å². The fraction of sp³-hybridized carbons (Fsp3) is 0. The Kier molecular flexibility index (Phi) is 9.02. The van der Waals surface area contributed by atoms with E-state index in [1.54, 1.807) is 24.3 Å². The minimum atomic E-state index is -0.363. The number of para-hydroxylation sites is 3. The Hall–Kier alpha value is -6.05. The number of rotatable bonds is 7. The van der Waals surface area contributed by atoms with E-state index in [4.69, 9.17) is 15.9 Å². The Morgan fingerprint density at radius 2 is 1.03 bits per heavy atom. The molecule has 1 aromatic heterocycles. The smallest absolute Gasteiger partial charge is 0.224 e. The summed E-state index contributed by atoms with van der Waals surface area (Å²) in [4.78, 5) is 18.0. The molecule has 0 aliphatic rings. The largest absolute Gasteiger partial charge is 0.504 e. The van der Waals surface area contributed by atoms with Crippen LogP contribution in [0, 0.1) is 0 Å². The highest BCUT2D eigenvalue weighted by Crippen LogP contribution is 2.28. The molecule has 200 valence electrons. The number of carbonyl (C=O) groups excluding carboxylic acids is 1. The van der Waals surface area contributed by atoms with Crippen LogP contribution in [0.1, 0.15) is 21.5 Å². The van der Waals surface area contributed by atoms with Crippen LogP contribution in [-0.2, 0) is 0 Å². The van der Waals surface area contributed by atoms with E-state index >= 15 is 0 Å². The molecule has 0 fully saturated rings. The van der Waals surface area contributed by atoms with E-state index in [2.05, 4.69) is 31.0 Å². The van der Waals surface area contributed by atoms with Crippen molar-refractivity contribution in [3.63, 3.8) is 0 Å². The Labute approximate surface area is 220 Å². The predicted octanol–water partition coefficient (Wildman–Crippen LogP) is 2.68. The van der Waals surface area contributed by atoms with E-state index in [-0.39, 0.29) is 57.6 Å². The number of benzene rings is 3. The summed E-state index contributed by atoms with van der Waals surface area (Å²) in [6.07, 6.45) is 3.07. The zero-order valence-electron chi connectivity index (χ0n) is 20.0. The Morgan fingerprint density at radius 1 is 0.641 bits per heavy atom. The maximum atomic E-state index is 10.1. The molecule has 3 aromatic carbocycles. The van der Waals surface area contributed by atoms with Crippen LogP contribution < -0.4 is 16.6 Å². The van der Waals surface area contributed by atoms with Gasteiger partial charge in [-0.15, -0.1) is 0 Å². The van der Waals surface area contributed by atoms with Crippen LogP contribution in [-0.4, -0.2) is 59.3 Å². The molecular formula is C25H23N7O7. The summed E-state index contributed by atoms with van der Waals surface area (Å²) in [6, 6.07) is 14.6. The van der Waals surface area contributed by atoms with E-state index in [0.717, 1.165) is 0 Å². The predicted molar refractivity (Wildman–Crippen MR) is 144 cm³/mol. The number of nitrogen functional groups attached to an aromatic ring is 1. The Morgan fingerprint density at radius 3 is 1.41 bits per heavy atom. The molecule has 14 nitrogen and oxygen atoms in total. The number of nitrogens with one attached hydrogen (secondary N) is 2. The molecule has 14 heteroatoms. The fourth-order valence-electron chi connectivity index (χ4n) is 2.87. The van der Waals surface area contributed by atoms with Gasteiger partial charge in [-0.25, -0.2) is 0 Å². The molecular weight excluding hydrogens is 510 g/mol. The van der Waals surface area contributed by atoms with Gasteiger partial charge >= 0.3 is 0 Å². The van der Waals surface area contributed by atoms with Gasteiger partial charge < -0.3 is 36.4 Å². The number of carbonyl (C=O) groups is 1. The SMILES string of the molecule is Nc1nc(NN=Cc2cccc(O)c2O)cc(NN=Cc2cccc(O)c2O)n1.O=Cc1cccc(O)c1O. The van der Waals surface area contributed by atoms with E-state index in [0.29, 0.717) is 17.4 Å². The van der Waals surface area contributed by atoms with Crippen molar-refractivity contribution in [3.05, 3.63) is 77.4 Å². The lowest BCUT2D eigenvalue weighted by Crippen LogP contribution is -2.03. The average molecular weight is 534 g/mol. The summed E-state index contributed by atoms with van der Waals surface area (Å²) in [5, 5.41) is 64.0. The third-order valence-electron chi connectivity index (χ3n) is 4.77. The highest BCUT2D eigenvalue weighted by molar-refractivity contribution is 5.86. The van der Waals surface area contributed by atoms with Crippen molar-refractivity contribution in [1.29, 1.82) is 0 Å². The molecule has 4 aromatic rings. The molecule has 0 amide bonds. The number of hydrogen-bond acceptors (Lipinski definition) is 14. The highest BCUT2D eigenvalue weighted by atomic mass is 16.3. The highest BCUT2D eigenvalue weighted by Gasteiger charge is 2.05. The molecule has 10 N–H and O–H groups in total. The van der Waals surface area contributed by atoms with E-state index in [9.17, 15) is 25.2 Å². The quantitative estimate of drug-likeness (QED) is 0.0721. The van der Waals surface area contributed by atoms with Crippen molar-refractivity contribution in [2.24, 2.45) is 10.2 Å². The molecule has 1 heterocycles. The Bertz CT molecular complexity index is 1450. The maximum Gasteiger partial charge on any atom is 0.224 e. The monoisotopic (exact) mass is 533 g/mol. The van der Waals surface area contributed by atoms with Crippen LogP contribution in [0.3, 0.4) is 0 Å². The normalized spacial score (nSPS) is 10.7. The number of aromatic nitrogens is 2. The summed E-state index contributed by atoms with van der Waals surface area (Å²) in [6.45, 7) is 0. The van der Waals surface area contributed by atoms with Gasteiger partial charge in [0.25, 0.3) is 0 Å². The second-order valence-corrected chi connectivity index (χ2v) is 7.50. The van der Waals surface area contributed by atoms with Crippen molar-refractivity contribution in [2.75, 3.05) is 16.6 Å². The Balaban J connectivity index is 0.000000353. The molecule has 0 spiro atoms. The maximum absolute atomic E-state index is 10.1. The van der Waals surface area contributed by atoms with Crippen LogP contribution >= 0.6 is 0 Å². The first-order chi connectivity index (χ1) is 18.7. The van der Waals surface area contributed by atoms with Crippen molar-refractivity contribution in [1.82, 2.24) is 9.97 Å². The summed E-state index contributed by atoms with van der Waals surface area (Å²) < 4.78 is 0. The molecule has 0 aliphatic carbocycles. The molecule has 0 aliphatic heterocycles. The lowest BCUT2D eigenvalue weighted by atomic mass is 10.2.